The van der Waals surface area contributed by atoms with Gasteiger partial charge in [-0.3, -0.25) is 9.59 Å². The number of benzene rings is 3. The lowest BCUT2D eigenvalue weighted by atomic mass is 10.0. The number of likely N-dealkylation sites (N-methyl/N-ethyl adjacent to an activating group) is 1. The number of rotatable bonds is 5. The summed E-state index contributed by atoms with van der Waals surface area (Å²) in [6, 6.07) is 20.1. The Morgan fingerprint density at radius 1 is 0.767 bits per heavy atom. The lowest BCUT2D eigenvalue weighted by Crippen LogP contribution is -2.34. The quantitative estimate of drug-likeness (QED) is 0.593. The topological polar surface area (TPSA) is 40.6 Å². The second-order valence-electron chi connectivity index (χ2n) is 6.99. The predicted octanol–water partition coefficient (Wildman–Crippen LogP) is 4.38. The summed E-state index contributed by atoms with van der Waals surface area (Å²) in [6.45, 7) is 0.400. The number of hydrogen-bond donors (Lipinski definition) is 0. The largest absolute Gasteiger partial charge is 0.365 e. The molecule has 1 aliphatic rings. The first-order valence-electron chi connectivity index (χ1n) is 9.35. The van der Waals surface area contributed by atoms with Crippen LogP contribution < -0.4 is 4.90 Å². The molecule has 0 spiro atoms. The molecule has 0 saturated heterocycles. The molecule has 0 bridgehead atoms. The Balaban J connectivity index is 1.79. The smallest absolute Gasteiger partial charge is 0.282 e. The third kappa shape index (κ3) is 3.59. The maximum atomic E-state index is 13.4. The minimum Gasteiger partial charge on any atom is -0.365 e. The van der Waals surface area contributed by atoms with Crippen molar-refractivity contribution in [3.05, 3.63) is 107 Å². The van der Waals surface area contributed by atoms with Crippen LogP contribution >= 0.6 is 0 Å². The standard InChI is InChI=1S/C24H18F2N2O2/c1-27(15-16-5-3-2-4-6-16)22-21(17-7-9-18(25)10-8-17)23(29)28(24(22)30)20-13-11-19(26)12-14-20/h2-14H,15H2,1H3. The molecule has 0 atom stereocenters. The maximum absolute atomic E-state index is 13.4. The molecule has 1 aliphatic heterocycles. The van der Waals surface area contributed by atoms with Gasteiger partial charge in [-0.05, 0) is 47.5 Å². The van der Waals surface area contributed by atoms with Crippen LogP contribution in [0.5, 0.6) is 0 Å². The van der Waals surface area contributed by atoms with Crippen molar-refractivity contribution in [1.29, 1.82) is 0 Å². The van der Waals surface area contributed by atoms with Crippen molar-refractivity contribution in [3.63, 3.8) is 0 Å². The number of amides is 2. The summed E-state index contributed by atoms with van der Waals surface area (Å²) in [4.78, 5) is 29.3. The predicted molar refractivity (Wildman–Crippen MR) is 110 cm³/mol. The highest BCUT2D eigenvalue weighted by atomic mass is 19.1. The fourth-order valence-corrected chi connectivity index (χ4v) is 3.51. The molecular formula is C24H18F2N2O2. The highest BCUT2D eigenvalue weighted by Crippen LogP contribution is 2.35. The Morgan fingerprint density at radius 3 is 1.93 bits per heavy atom. The van der Waals surface area contributed by atoms with Crippen molar-refractivity contribution in [3.8, 4) is 0 Å². The summed E-state index contributed by atoms with van der Waals surface area (Å²) in [6.07, 6.45) is 0. The van der Waals surface area contributed by atoms with Gasteiger partial charge in [0.1, 0.15) is 17.3 Å². The summed E-state index contributed by atoms with van der Waals surface area (Å²) in [5, 5.41) is 0. The minimum absolute atomic E-state index is 0.183. The first-order chi connectivity index (χ1) is 14.5. The highest BCUT2D eigenvalue weighted by molar-refractivity contribution is 6.45. The zero-order valence-corrected chi connectivity index (χ0v) is 16.2. The highest BCUT2D eigenvalue weighted by Gasteiger charge is 2.41. The SMILES string of the molecule is CN(Cc1ccccc1)C1=C(c2ccc(F)cc2)C(=O)N(c2ccc(F)cc2)C1=O. The van der Waals surface area contributed by atoms with E-state index in [9.17, 15) is 18.4 Å². The van der Waals surface area contributed by atoms with Crippen LogP contribution in [0.1, 0.15) is 11.1 Å². The zero-order valence-electron chi connectivity index (χ0n) is 16.2. The van der Waals surface area contributed by atoms with Crippen LogP contribution in [0.25, 0.3) is 5.57 Å². The van der Waals surface area contributed by atoms with E-state index in [-0.39, 0.29) is 17.0 Å². The first kappa shape index (κ1) is 19.5. The van der Waals surface area contributed by atoms with E-state index in [1.807, 2.05) is 30.3 Å². The van der Waals surface area contributed by atoms with Crippen LogP contribution in [0.4, 0.5) is 14.5 Å². The summed E-state index contributed by atoms with van der Waals surface area (Å²) >= 11 is 0. The van der Waals surface area contributed by atoms with Crippen molar-refractivity contribution in [1.82, 2.24) is 4.90 Å². The summed E-state index contributed by atoms with van der Waals surface area (Å²) < 4.78 is 26.8. The summed E-state index contributed by atoms with van der Waals surface area (Å²) in [5.41, 5.74) is 2.07. The number of halogens is 2. The Hall–Kier alpha value is -3.80. The van der Waals surface area contributed by atoms with Gasteiger partial charge in [-0.2, -0.15) is 0 Å². The number of hydrogen-bond acceptors (Lipinski definition) is 3. The van der Waals surface area contributed by atoms with Gasteiger partial charge in [-0.1, -0.05) is 42.5 Å². The average Bonchev–Trinajstić information content (AvgIpc) is 3.00. The van der Waals surface area contributed by atoms with Crippen molar-refractivity contribution >= 4 is 23.1 Å². The molecule has 4 nitrogen and oxygen atoms in total. The van der Waals surface area contributed by atoms with Gasteiger partial charge in [0.25, 0.3) is 11.8 Å². The molecule has 2 amide bonds. The van der Waals surface area contributed by atoms with E-state index in [4.69, 9.17) is 0 Å². The molecule has 3 aromatic rings. The number of imide groups is 1. The second kappa shape index (κ2) is 7.91. The maximum Gasteiger partial charge on any atom is 0.282 e. The molecule has 150 valence electrons. The van der Waals surface area contributed by atoms with E-state index in [2.05, 4.69) is 0 Å². The van der Waals surface area contributed by atoms with Crippen molar-refractivity contribution in [2.75, 3.05) is 11.9 Å². The molecule has 6 heteroatoms. The van der Waals surface area contributed by atoms with Crippen molar-refractivity contribution in [2.24, 2.45) is 0 Å². The van der Waals surface area contributed by atoms with E-state index in [1.165, 1.54) is 48.5 Å². The Labute approximate surface area is 172 Å². The molecule has 30 heavy (non-hydrogen) atoms. The molecule has 0 aliphatic carbocycles. The molecule has 0 fully saturated rings. The molecule has 3 aromatic carbocycles. The zero-order chi connectivity index (χ0) is 21.3. The Kier molecular flexibility index (Phi) is 5.14. The second-order valence-corrected chi connectivity index (χ2v) is 6.99. The number of carbonyl (C=O) groups is 2. The van der Waals surface area contributed by atoms with Crippen LogP contribution in [-0.2, 0) is 16.1 Å². The van der Waals surface area contributed by atoms with Crippen molar-refractivity contribution in [2.45, 2.75) is 6.54 Å². The van der Waals surface area contributed by atoms with Crippen LogP contribution in [0, 0.1) is 11.6 Å². The fraction of sp³-hybridized carbons (Fsp3) is 0.0833. The summed E-state index contributed by atoms with van der Waals surface area (Å²) in [7, 11) is 1.73. The Bertz CT molecular complexity index is 1120. The average molecular weight is 404 g/mol. The minimum atomic E-state index is -0.534. The van der Waals surface area contributed by atoms with Gasteiger partial charge >= 0.3 is 0 Å². The molecule has 0 N–H and O–H groups in total. The molecule has 0 saturated carbocycles. The molecule has 4 rings (SSSR count). The van der Waals surface area contributed by atoms with Crippen LogP contribution in [0.3, 0.4) is 0 Å². The van der Waals surface area contributed by atoms with E-state index in [0.717, 1.165) is 10.5 Å². The van der Waals surface area contributed by atoms with Gasteiger partial charge in [0.05, 0.1) is 11.3 Å². The van der Waals surface area contributed by atoms with E-state index in [1.54, 1.807) is 11.9 Å². The van der Waals surface area contributed by atoms with E-state index >= 15 is 0 Å². The lowest BCUT2D eigenvalue weighted by Gasteiger charge is -2.21. The van der Waals surface area contributed by atoms with E-state index in [0.29, 0.717) is 12.1 Å². The fourth-order valence-electron chi connectivity index (χ4n) is 3.51. The van der Waals surface area contributed by atoms with Crippen LogP contribution in [0.15, 0.2) is 84.6 Å². The van der Waals surface area contributed by atoms with Gasteiger partial charge < -0.3 is 4.90 Å². The molecule has 0 aromatic heterocycles. The molecule has 1 heterocycles. The third-order valence-corrected chi connectivity index (χ3v) is 4.92. The molecule has 0 radical (unpaired) electrons. The monoisotopic (exact) mass is 404 g/mol. The lowest BCUT2D eigenvalue weighted by molar-refractivity contribution is -0.120. The van der Waals surface area contributed by atoms with Crippen LogP contribution in [-0.4, -0.2) is 23.8 Å². The number of anilines is 1. The third-order valence-electron chi connectivity index (χ3n) is 4.92. The first-order valence-corrected chi connectivity index (χ1v) is 9.35. The normalized spacial score (nSPS) is 13.9. The van der Waals surface area contributed by atoms with Gasteiger partial charge in [-0.25, -0.2) is 13.7 Å². The van der Waals surface area contributed by atoms with E-state index < -0.39 is 23.4 Å². The van der Waals surface area contributed by atoms with Gasteiger partial charge in [0, 0.05) is 13.6 Å². The van der Waals surface area contributed by atoms with Crippen LogP contribution in [0.2, 0.25) is 0 Å². The molecular weight excluding hydrogens is 386 g/mol. The number of carbonyl (C=O) groups excluding carboxylic acids is 2. The van der Waals surface area contributed by atoms with Gasteiger partial charge in [0.15, 0.2) is 0 Å². The Morgan fingerprint density at radius 2 is 1.33 bits per heavy atom. The van der Waals surface area contributed by atoms with Gasteiger partial charge in [-0.15, -0.1) is 0 Å². The molecule has 0 unspecified atom stereocenters. The van der Waals surface area contributed by atoms with Gasteiger partial charge in [0.2, 0.25) is 0 Å². The number of nitrogens with zero attached hydrogens (tertiary/aromatic N) is 2. The summed E-state index contributed by atoms with van der Waals surface area (Å²) in [5.74, 6) is -1.95. The van der Waals surface area contributed by atoms with Crippen molar-refractivity contribution < 1.29 is 18.4 Å².